The molecule has 136 valence electrons. The number of piperidine rings is 1. The Morgan fingerprint density at radius 2 is 1.88 bits per heavy atom. The summed E-state index contributed by atoms with van der Waals surface area (Å²) in [5.74, 6) is 0.782. The van der Waals surface area contributed by atoms with Gasteiger partial charge in [0.15, 0.2) is 11.5 Å². The summed E-state index contributed by atoms with van der Waals surface area (Å²) in [7, 11) is 0. The van der Waals surface area contributed by atoms with Crippen LogP contribution in [0.1, 0.15) is 18.4 Å². The summed E-state index contributed by atoms with van der Waals surface area (Å²) >= 11 is 0. The molecular formula is C19H20N2O5. The molecule has 0 spiro atoms. The lowest BCUT2D eigenvalue weighted by Crippen LogP contribution is -2.53. The number of fused-ring (bicyclic) bond motifs is 1. The molecule has 1 saturated heterocycles. The number of rotatable bonds is 5. The highest BCUT2D eigenvalue weighted by Crippen LogP contribution is 2.38. The Kier molecular flexibility index (Phi) is 4.38. The maximum Gasteiger partial charge on any atom is 0.348 e. The number of carboxylic acids is 1. The van der Waals surface area contributed by atoms with Crippen molar-refractivity contribution in [1.29, 1.82) is 0 Å². The lowest BCUT2D eigenvalue weighted by Gasteiger charge is -2.38. The van der Waals surface area contributed by atoms with E-state index < -0.39 is 11.6 Å². The minimum atomic E-state index is -1.22. The van der Waals surface area contributed by atoms with Gasteiger partial charge in [0, 0.05) is 50.9 Å². The van der Waals surface area contributed by atoms with Gasteiger partial charge in [0.2, 0.25) is 12.4 Å². The number of hydrogen-bond acceptors (Lipinski definition) is 6. The molecule has 0 unspecified atom stereocenters. The summed E-state index contributed by atoms with van der Waals surface area (Å²) < 4.78 is 16.6. The first-order valence-electron chi connectivity index (χ1n) is 8.58. The fraction of sp³-hybridized carbons (Fsp3) is 0.368. The number of aromatic nitrogens is 1. The first kappa shape index (κ1) is 16.7. The lowest BCUT2D eigenvalue weighted by molar-refractivity contribution is -0.159. The lowest BCUT2D eigenvalue weighted by atomic mass is 9.90. The van der Waals surface area contributed by atoms with E-state index >= 15 is 0 Å². The Morgan fingerprint density at radius 3 is 2.62 bits per heavy atom. The third kappa shape index (κ3) is 3.30. The molecule has 2 aliphatic heterocycles. The average Bonchev–Trinajstić information content (AvgIpc) is 3.12. The number of ether oxygens (including phenoxy) is 3. The predicted octanol–water partition coefficient (Wildman–Crippen LogP) is 2.31. The zero-order valence-corrected chi connectivity index (χ0v) is 14.3. The van der Waals surface area contributed by atoms with Crippen LogP contribution in [0.5, 0.6) is 17.2 Å². The van der Waals surface area contributed by atoms with Gasteiger partial charge in [0.05, 0.1) is 0 Å². The minimum absolute atomic E-state index is 0.173. The second-order valence-electron chi connectivity index (χ2n) is 6.55. The molecular weight excluding hydrogens is 336 g/mol. The zero-order valence-electron chi connectivity index (χ0n) is 14.3. The zero-order chi connectivity index (χ0) is 18.0. The number of aliphatic carboxylic acids is 1. The molecule has 7 nitrogen and oxygen atoms in total. The maximum atomic E-state index is 12.0. The normalized spacial score (nSPS) is 18.5. The molecule has 26 heavy (non-hydrogen) atoms. The van der Waals surface area contributed by atoms with Crippen LogP contribution in [0.4, 0.5) is 0 Å². The average molecular weight is 356 g/mol. The highest BCUT2D eigenvalue weighted by atomic mass is 16.7. The van der Waals surface area contributed by atoms with E-state index in [2.05, 4.69) is 9.88 Å². The van der Waals surface area contributed by atoms with E-state index in [0.717, 1.165) is 6.54 Å². The van der Waals surface area contributed by atoms with Gasteiger partial charge in [-0.25, -0.2) is 4.79 Å². The van der Waals surface area contributed by atoms with Crippen LogP contribution in [0.25, 0.3) is 0 Å². The summed E-state index contributed by atoms with van der Waals surface area (Å²) in [5, 5.41) is 9.81. The Morgan fingerprint density at radius 1 is 1.15 bits per heavy atom. The predicted molar refractivity (Wildman–Crippen MR) is 92.3 cm³/mol. The van der Waals surface area contributed by atoms with Crippen LogP contribution in [0, 0.1) is 0 Å². The summed E-state index contributed by atoms with van der Waals surface area (Å²) in [6.07, 6.45) is 4.37. The van der Waals surface area contributed by atoms with E-state index in [-0.39, 0.29) is 6.79 Å². The molecule has 0 atom stereocenters. The topological polar surface area (TPSA) is 81.1 Å². The van der Waals surface area contributed by atoms with Gasteiger partial charge < -0.3 is 19.3 Å². The van der Waals surface area contributed by atoms with Crippen LogP contribution >= 0.6 is 0 Å². The second-order valence-corrected chi connectivity index (χ2v) is 6.55. The van der Waals surface area contributed by atoms with Gasteiger partial charge in [-0.15, -0.1) is 0 Å². The van der Waals surface area contributed by atoms with Crippen molar-refractivity contribution in [2.75, 3.05) is 19.9 Å². The van der Waals surface area contributed by atoms with Crippen LogP contribution in [0.2, 0.25) is 0 Å². The Bertz CT molecular complexity index is 788. The van der Waals surface area contributed by atoms with Crippen molar-refractivity contribution in [3.8, 4) is 17.2 Å². The number of benzene rings is 1. The van der Waals surface area contributed by atoms with Gasteiger partial charge in [-0.3, -0.25) is 9.88 Å². The molecule has 0 radical (unpaired) electrons. The minimum Gasteiger partial charge on any atom is -0.478 e. The molecule has 0 amide bonds. The quantitative estimate of drug-likeness (QED) is 0.880. The molecule has 1 aromatic heterocycles. The third-order valence-electron chi connectivity index (χ3n) is 4.87. The molecule has 7 heteroatoms. The van der Waals surface area contributed by atoms with Gasteiger partial charge in [-0.2, -0.15) is 0 Å². The Labute approximate surface area is 151 Å². The van der Waals surface area contributed by atoms with Crippen molar-refractivity contribution in [2.24, 2.45) is 0 Å². The van der Waals surface area contributed by atoms with Crippen molar-refractivity contribution in [1.82, 2.24) is 9.88 Å². The van der Waals surface area contributed by atoms with Crippen molar-refractivity contribution in [3.63, 3.8) is 0 Å². The van der Waals surface area contributed by atoms with Crippen LogP contribution in [-0.2, 0) is 11.3 Å². The number of pyridine rings is 1. The fourth-order valence-electron chi connectivity index (χ4n) is 3.34. The van der Waals surface area contributed by atoms with Crippen LogP contribution < -0.4 is 14.2 Å². The SMILES string of the molecule is O=C(O)C1(Oc2ccc3c(c2)OCO3)CCN(Cc2ccncc2)CC1. The summed E-state index contributed by atoms with van der Waals surface area (Å²) in [6, 6.07) is 9.11. The highest BCUT2D eigenvalue weighted by Gasteiger charge is 2.44. The largest absolute Gasteiger partial charge is 0.478 e. The first-order chi connectivity index (χ1) is 12.6. The van der Waals surface area contributed by atoms with Crippen LogP contribution in [-0.4, -0.2) is 46.4 Å². The number of hydrogen-bond donors (Lipinski definition) is 1. The van der Waals surface area contributed by atoms with Gasteiger partial charge in [0.25, 0.3) is 0 Å². The first-order valence-corrected chi connectivity index (χ1v) is 8.58. The molecule has 1 fully saturated rings. The van der Waals surface area contributed by atoms with E-state index in [1.165, 1.54) is 5.56 Å². The van der Waals surface area contributed by atoms with E-state index in [0.29, 0.717) is 43.2 Å². The van der Waals surface area contributed by atoms with E-state index in [1.54, 1.807) is 30.6 Å². The van der Waals surface area contributed by atoms with Crippen LogP contribution in [0.3, 0.4) is 0 Å². The number of likely N-dealkylation sites (tertiary alicyclic amines) is 1. The fourth-order valence-corrected chi connectivity index (χ4v) is 3.34. The summed E-state index contributed by atoms with van der Waals surface area (Å²) in [6.45, 7) is 2.26. The van der Waals surface area contributed by atoms with Gasteiger partial charge in [-0.1, -0.05) is 0 Å². The van der Waals surface area contributed by atoms with Crippen molar-refractivity contribution >= 4 is 5.97 Å². The van der Waals surface area contributed by atoms with Crippen molar-refractivity contribution < 1.29 is 24.1 Å². The van der Waals surface area contributed by atoms with Crippen molar-refractivity contribution in [3.05, 3.63) is 48.3 Å². The number of nitrogens with zero attached hydrogens (tertiary/aromatic N) is 2. The molecule has 2 aliphatic rings. The number of carboxylic acid groups (broad SMARTS) is 1. The van der Waals surface area contributed by atoms with E-state index in [4.69, 9.17) is 14.2 Å². The van der Waals surface area contributed by atoms with E-state index in [9.17, 15) is 9.90 Å². The maximum absolute atomic E-state index is 12.0. The third-order valence-corrected chi connectivity index (χ3v) is 4.87. The molecule has 0 saturated carbocycles. The van der Waals surface area contributed by atoms with Gasteiger partial charge >= 0.3 is 5.97 Å². The molecule has 1 N–H and O–H groups in total. The van der Waals surface area contributed by atoms with Gasteiger partial charge in [-0.05, 0) is 29.8 Å². The monoisotopic (exact) mass is 356 g/mol. The molecule has 1 aromatic carbocycles. The molecule has 3 heterocycles. The second kappa shape index (κ2) is 6.84. The Balaban J connectivity index is 1.44. The number of carbonyl (C=O) groups is 1. The smallest absolute Gasteiger partial charge is 0.348 e. The standard InChI is InChI=1S/C19H20N2O5/c22-18(23)19(26-15-1-2-16-17(11-15)25-13-24-16)5-9-21(10-6-19)12-14-3-7-20-8-4-14/h1-4,7-8,11H,5-6,9-10,12-13H2,(H,22,23). The molecule has 2 aromatic rings. The highest BCUT2D eigenvalue weighted by molar-refractivity contribution is 5.78. The van der Waals surface area contributed by atoms with E-state index in [1.807, 2.05) is 12.1 Å². The molecule has 0 bridgehead atoms. The van der Waals surface area contributed by atoms with Crippen molar-refractivity contribution in [2.45, 2.75) is 25.0 Å². The Hall–Kier alpha value is -2.80. The molecule has 0 aliphatic carbocycles. The summed E-state index contributed by atoms with van der Waals surface area (Å²) in [5.41, 5.74) is -0.0536. The van der Waals surface area contributed by atoms with Crippen LogP contribution in [0.15, 0.2) is 42.7 Å². The molecule has 4 rings (SSSR count). The van der Waals surface area contributed by atoms with Gasteiger partial charge in [0.1, 0.15) is 5.75 Å². The summed E-state index contributed by atoms with van der Waals surface area (Å²) in [4.78, 5) is 18.2.